The highest BCUT2D eigenvalue weighted by Crippen LogP contribution is 2.22. The Morgan fingerprint density at radius 3 is 2.95 bits per heavy atom. The topological polar surface area (TPSA) is 54.5 Å². The summed E-state index contributed by atoms with van der Waals surface area (Å²) in [5.41, 5.74) is 0. The van der Waals surface area contributed by atoms with E-state index < -0.39 is 23.6 Å². The second-order valence-corrected chi connectivity index (χ2v) is 4.25. The van der Waals surface area contributed by atoms with E-state index in [1.165, 1.54) is 4.90 Å². The molecule has 1 saturated heterocycles. The van der Waals surface area contributed by atoms with Gasteiger partial charge in [0.05, 0.1) is 13.2 Å². The largest absolute Gasteiger partial charge is 0.377 e. The Bertz CT molecular complexity index is 513. The summed E-state index contributed by atoms with van der Waals surface area (Å²) < 4.78 is 45.0. The van der Waals surface area contributed by atoms with E-state index in [2.05, 4.69) is 10.3 Å². The summed E-state index contributed by atoms with van der Waals surface area (Å²) in [6.45, 7) is 2.58. The van der Waals surface area contributed by atoms with Gasteiger partial charge in [0.15, 0.2) is 17.5 Å². The van der Waals surface area contributed by atoms with Gasteiger partial charge in [0.25, 0.3) is 5.95 Å². The molecule has 110 valence electrons. The molecule has 0 bridgehead atoms. The maximum Gasteiger partial charge on any atom is 0.251 e. The van der Waals surface area contributed by atoms with Gasteiger partial charge in [-0.15, -0.1) is 0 Å². The van der Waals surface area contributed by atoms with Crippen LogP contribution in [0.5, 0.6) is 0 Å². The lowest BCUT2D eigenvalue weighted by molar-refractivity contribution is -0.124. The van der Waals surface area contributed by atoms with Gasteiger partial charge in [0.2, 0.25) is 5.91 Å². The van der Waals surface area contributed by atoms with E-state index in [0.29, 0.717) is 12.6 Å². The third-order valence-corrected chi connectivity index (χ3v) is 2.92. The molecule has 0 saturated carbocycles. The fourth-order valence-electron chi connectivity index (χ4n) is 2.00. The maximum atomic E-state index is 13.8. The van der Waals surface area contributed by atoms with Crippen LogP contribution in [0, 0.1) is 17.6 Å². The number of carbonyl (C=O) groups excluding carboxylic acids is 1. The Labute approximate surface area is 113 Å². The van der Waals surface area contributed by atoms with Crippen LogP contribution in [-0.4, -0.2) is 43.2 Å². The third kappa shape index (κ3) is 2.84. The molecule has 1 aromatic rings. The zero-order chi connectivity index (χ0) is 14.7. The summed E-state index contributed by atoms with van der Waals surface area (Å²) in [5, 5.41) is 2.58. The van der Waals surface area contributed by atoms with Gasteiger partial charge in [0.1, 0.15) is 6.04 Å². The van der Waals surface area contributed by atoms with E-state index in [1.54, 1.807) is 6.92 Å². The molecular formula is C12H14F3N3O2. The number of hydrogen-bond donors (Lipinski definition) is 1. The van der Waals surface area contributed by atoms with E-state index in [4.69, 9.17) is 4.74 Å². The standard InChI is InChI=1S/C12H14F3N3O2/c1-2-16-12(19)9-6-20-4-3-18(9)11-8(14)5-7(13)10(15)17-11/h5,9H,2-4,6H2,1H3,(H,16,19). The fraction of sp³-hybridized carbons (Fsp3) is 0.500. The van der Waals surface area contributed by atoms with Gasteiger partial charge < -0.3 is 15.0 Å². The van der Waals surface area contributed by atoms with Crippen molar-refractivity contribution in [3.05, 3.63) is 23.6 Å². The molecular weight excluding hydrogens is 275 g/mol. The minimum atomic E-state index is -1.40. The van der Waals surface area contributed by atoms with E-state index in [1.807, 2.05) is 0 Å². The number of hydrogen-bond acceptors (Lipinski definition) is 4. The number of likely N-dealkylation sites (N-methyl/N-ethyl adjacent to an activating group) is 1. The first-order valence-corrected chi connectivity index (χ1v) is 6.18. The zero-order valence-electron chi connectivity index (χ0n) is 10.8. The van der Waals surface area contributed by atoms with Gasteiger partial charge in [-0.3, -0.25) is 4.79 Å². The third-order valence-electron chi connectivity index (χ3n) is 2.92. The first-order chi connectivity index (χ1) is 9.54. The summed E-state index contributed by atoms with van der Waals surface area (Å²) in [7, 11) is 0. The van der Waals surface area contributed by atoms with Gasteiger partial charge in [-0.2, -0.15) is 9.37 Å². The van der Waals surface area contributed by atoms with Crippen LogP contribution in [0.15, 0.2) is 6.07 Å². The molecule has 0 aromatic carbocycles. The maximum absolute atomic E-state index is 13.8. The van der Waals surface area contributed by atoms with E-state index in [0.717, 1.165) is 0 Å². The van der Waals surface area contributed by atoms with Gasteiger partial charge in [-0.1, -0.05) is 0 Å². The van der Waals surface area contributed by atoms with Crippen molar-refractivity contribution in [2.75, 3.05) is 31.2 Å². The van der Waals surface area contributed by atoms with Crippen LogP contribution >= 0.6 is 0 Å². The molecule has 1 amide bonds. The minimum Gasteiger partial charge on any atom is -0.377 e. The van der Waals surface area contributed by atoms with Crippen LogP contribution in [-0.2, 0) is 9.53 Å². The summed E-state index contributed by atoms with van der Waals surface area (Å²) >= 11 is 0. The Kier molecular flexibility index (Phi) is 4.43. The first kappa shape index (κ1) is 14.6. The summed E-state index contributed by atoms with van der Waals surface area (Å²) in [6.07, 6.45) is 0. The molecule has 0 radical (unpaired) electrons. The predicted molar refractivity (Wildman–Crippen MR) is 64.7 cm³/mol. The molecule has 2 rings (SSSR count). The average Bonchev–Trinajstić information content (AvgIpc) is 2.43. The van der Waals surface area contributed by atoms with E-state index in [-0.39, 0.29) is 31.5 Å². The first-order valence-electron chi connectivity index (χ1n) is 6.18. The van der Waals surface area contributed by atoms with Crippen molar-refractivity contribution < 1.29 is 22.7 Å². The lowest BCUT2D eigenvalue weighted by Crippen LogP contribution is -2.54. The number of aromatic nitrogens is 1. The van der Waals surface area contributed by atoms with Crippen molar-refractivity contribution in [2.45, 2.75) is 13.0 Å². The molecule has 0 spiro atoms. The lowest BCUT2D eigenvalue weighted by Gasteiger charge is -2.35. The van der Waals surface area contributed by atoms with Crippen molar-refractivity contribution in [3.63, 3.8) is 0 Å². The second kappa shape index (κ2) is 6.08. The molecule has 8 heteroatoms. The molecule has 1 aromatic heterocycles. The number of carbonyl (C=O) groups is 1. The minimum absolute atomic E-state index is 0.0337. The van der Waals surface area contributed by atoms with Gasteiger partial charge in [-0.05, 0) is 6.92 Å². The van der Waals surface area contributed by atoms with Gasteiger partial charge in [-0.25, -0.2) is 8.78 Å². The molecule has 1 N–H and O–H groups in total. The average molecular weight is 289 g/mol. The van der Waals surface area contributed by atoms with E-state index >= 15 is 0 Å². The van der Waals surface area contributed by atoms with Crippen LogP contribution in [0.3, 0.4) is 0 Å². The quantitative estimate of drug-likeness (QED) is 0.838. The van der Waals surface area contributed by atoms with Crippen molar-refractivity contribution >= 4 is 11.7 Å². The molecule has 2 heterocycles. The van der Waals surface area contributed by atoms with E-state index in [9.17, 15) is 18.0 Å². The van der Waals surface area contributed by atoms with Crippen LogP contribution in [0.4, 0.5) is 19.0 Å². The van der Waals surface area contributed by atoms with Gasteiger partial charge >= 0.3 is 0 Å². The number of morpholine rings is 1. The molecule has 0 aliphatic carbocycles. The van der Waals surface area contributed by atoms with Crippen molar-refractivity contribution in [1.29, 1.82) is 0 Å². The number of amides is 1. The number of halogens is 3. The monoisotopic (exact) mass is 289 g/mol. The second-order valence-electron chi connectivity index (χ2n) is 4.25. The van der Waals surface area contributed by atoms with Crippen LogP contribution in [0.25, 0.3) is 0 Å². The molecule has 1 aliphatic rings. The summed E-state index contributed by atoms with van der Waals surface area (Å²) in [5.74, 6) is -4.54. The highest BCUT2D eigenvalue weighted by molar-refractivity contribution is 5.85. The predicted octanol–water partition coefficient (Wildman–Crippen LogP) is 0.840. The Morgan fingerprint density at radius 2 is 2.25 bits per heavy atom. The molecule has 1 unspecified atom stereocenters. The van der Waals surface area contributed by atoms with Crippen molar-refractivity contribution in [2.24, 2.45) is 0 Å². The molecule has 1 aliphatic heterocycles. The number of rotatable bonds is 3. The number of anilines is 1. The van der Waals surface area contributed by atoms with Gasteiger partial charge in [0, 0.05) is 19.2 Å². The van der Waals surface area contributed by atoms with Crippen molar-refractivity contribution in [1.82, 2.24) is 10.3 Å². The number of pyridine rings is 1. The molecule has 1 fully saturated rings. The lowest BCUT2D eigenvalue weighted by atomic mass is 10.2. The molecule has 1 atom stereocenters. The normalized spacial score (nSPS) is 19.0. The van der Waals surface area contributed by atoms with Crippen molar-refractivity contribution in [3.8, 4) is 0 Å². The van der Waals surface area contributed by atoms with Crippen LogP contribution in [0.1, 0.15) is 6.92 Å². The Morgan fingerprint density at radius 1 is 1.50 bits per heavy atom. The SMILES string of the molecule is CCNC(=O)C1COCCN1c1nc(F)c(F)cc1F. The Hall–Kier alpha value is -1.83. The zero-order valence-corrected chi connectivity index (χ0v) is 10.8. The molecule has 5 nitrogen and oxygen atoms in total. The highest BCUT2D eigenvalue weighted by Gasteiger charge is 2.32. The number of nitrogens with one attached hydrogen (secondary N) is 1. The Balaban J connectivity index is 2.32. The number of ether oxygens (including phenoxy) is 1. The summed E-state index contributed by atoms with van der Waals surface area (Å²) in [4.78, 5) is 16.4. The summed E-state index contributed by atoms with van der Waals surface area (Å²) in [6, 6.07) is -0.405. The number of nitrogens with zero attached hydrogens (tertiary/aromatic N) is 2. The highest BCUT2D eigenvalue weighted by atomic mass is 19.2. The smallest absolute Gasteiger partial charge is 0.251 e. The van der Waals surface area contributed by atoms with Crippen LogP contribution in [0.2, 0.25) is 0 Å². The molecule has 20 heavy (non-hydrogen) atoms. The fourth-order valence-corrected chi connectivity index (χ4v) is 2.00. The van der Waals surface area contributed by atoms with Crippen LogP contribution < -0.4 is 10.2 Å².